The van der Waals surface area contributed by atoms with Crippen LogP contribution in [0, 0.1) is 23.2 Å². The van der Waals surface area contributed by atoms with Crippen LogP contribution in [0.3, 0.4) is 0 Å². The molecule has 0 aromatic heterocycles. The first-order valence-electron chi connectivity index (χ1n) is 11.5. The van der Waals surface area contributed by atoms with E-state index in [1.54, 1.807) is 42.5 Å². The molecule has 3 aromatic carbocycles. The molecule has 0 atom stereocenters. The Bertz CT molecular complexity index is 1460. The highest BCUT2D eigenvalue weighted by molar-refractivity contribution is 14.1. The van der Waals surface area contributed by atoms with Gasteiger partial charge in [0.25, 0.3) is 11.1 Å². The zero-order valence-corrected chi connectivity index (χ0v) is 23.8. The highest BCUT2D eigenvalue weighted by Gasteiger charge is 2.36. The van der Waals surface area contributed by atoms with Crippen molar-refractivity contribution < 1.29 is 28.2 Å². The number of anilines is 1. The third-order valence-electron chi connectivity index (χ3n) is 5.71. The van der Waals surface area contributed by atoms with Crippen LogP contribution in [-0.4, -0.2) is 35.6 Å². The van der Waals surface area contributed by atoms with Crippen molar-refractivity contribution in [2.24, 2.45) is 0 Å². The fraction of sp³-hybridized carbons (Fsp3) is 0.179. The Morgan fingerprint density at radius 2 is 1.89 bits per heavy atom. The highest BCUT2D eigenvalue weighted by Crippen LogP contribution is 2.37. The van der Waals surface area contributed by atoms with Crippen LogP contribution in [0.2, 0.25) is 0 Å². The highest BCUT2D eigenvalue weighted by atomic mass is 127. The molecule has 0 bridgehead atoms. The summed E-state index contributed by atoms with van der Waals surface area (Å²) in [4.78, 5) is 39.2. The molecule has 1 saturated heterocycles. The molecule has 1 aliphatic rings. The van der Waals surface area contributed by atoms with E-state index in [9.17, 15) is 18.8 Å². The molecule has 0 radical (unpaired) electrons. The number of halogens is 2. The molecule has 4 rings (SSSR count). The third kappa shape index (κ3) is 6.36. The van der Waals surface area contributed by atoms with Gasteiger partial charge >= 0.3 is 0 Å². The first-order valence-corrected chi connectivity index (χ1v) is 13.4. The van der Waals surface area contributed by atoms with Crippen molar-refractivity contribution in [3.63, 3.8) is 0 Å². The van der Waals surface area contributed by atoms with Gasteiger partial charge in [0, 0.05) is 11.3 Å². The summed E-state index contributed by atoms with van der Waals surface area (Å²) in [5.41, 5.74) is 3.59. The molecule has 0 saturated carbocycles. The maximum absolute atomic E-state index is 14.0. The number of ether oxygens (including phenoxy) is 2. The third-order valence-corrected chi connectivity index (χ3v) is 7.42. The monoisotopic (exact) mass is 646 g/mol. The van der Waals surface area contributed by atoms with Crippen LogP contribution in [0.1, 0.15) is 22.3 Å². The van der Waals surface area contributed by atoms with Crippen LogP contribution >= 0.6 is 34.4 Å². The van der Waals surface area contributed by atoms with Crippen molar-refractivity contribution in [3.05, 3.63) is 91.1 Å². The lowest BCUT2D eigenvalue weighted by molar-refractivity contribution is -0.127. The van der Waals surface area contributed by atoms with Gasteiger partial charge in [-0.2, -0.15) is 0 Å². The van der Waals surface area contributed by atoms with E-state index in [1.165, 1.54) is 13.2 Å². The number of thioether (sulfide) groups is 1. The number of carbonyl (C=O) groups is 3. The number of aryl methyl sites for hydroxylation is 2. The summed E-state index contributed by atoms with van der Waals surface area (Å²) in [7, 11) is 1.48. The number of nitrogens with one attached hydrogen (secondary N) is 1. The van der Waals surface area contributed by atoms with E-state index >= 15 is 0 Å². The number of carbonyl (C=O) groups excluding carboxylic acids is 3. The van der Waals surface area contributed by atoms with Gasteiger partial charge in [-0.25, -0.2) is 4.39 Å². The number of methoxy groups -OCH3 is 1. The van der Waals surface area contributed by atoms with Crippen molar-refractivity contribution in [2.75, 3.05) is 19.0 Å². The second-order valence-corrected chi connectivity index (χ2v) is 10.7. The van der Waals surface area contributed by atoms with Gasteiger partial charge in [-0.15, -0.1) is 0 Å². The quantitative estimate of drug-likeness (QED) is 0.228. The largest absolute Gasteiger partial charge is 0.493 e. The predicted octanol–water partition coefficient (Wildman–Crippen LogP) is 6.31. The smallest absolute Gasteiger partial charge is 0.294 e. The lowest BCUT2D eigenvalue weighted by Gasteiger charge is -2.14. The van der Waals surface area contributed by atoms with Crippen LogP contribution in [-0.2, 0) is 16.2 Å². The second kappa shape index (κ2) is 12.0. The summed E-state index contributed by atoms with van der Waals surface area (Å²) in [6.07, 6.45) is 1.57. The molecule has 1 heterocycles. The molecule has 1 fully saturated rings. The minimum atomic E-state index is -0.551. The number of benzene rings is 3. The van der Waals surface area contributed by atoms with Gasteiger partial charge in [0.2, 0.25) is 5.91 Å². The summed E-state index contributed by atoms with van der Waals surface area (Å²) in [5.74, 6) is -0.551. The first kappa shape index (κ1) is 27.6. The molecule has 0 spiro atoms. The Kier molecular flexibility index (Phi) is 8.72. The molecule has 3 aromatic rings. The number of imide groups is 1. The van der Waals surface area contributed by atoms with E-state index in [0.717, 1.165) is 27.8 Å². The molecule has 1 N–H and O–H groups in total. The molecule has 7 nitrogen and oxygen atoms in total. The molecule has 196 valence electrons. The fourth-order valence-corrected chi connectivity index (χ4v) is 5.42. The van der Waals surface area contributed by atoms with Crippen molar-refractivity contribution in [1.82, 2.24) is 4.90 Å². The lowest BCUT2D eigenvalue weighted by Crippen LogP contribution is -2.36. The summed E-state index contributed by atoms with van der Waals surface area (Å²) in [5, 5.41) is 2.23. The molecular formula is C28H24FIN2O5S. The minimum Gasteiger partial charge on any atom is -0.493 e. The normalized spacial score (nSPS) is 14.2. The molecule has 10 heteroatoms. The van der Waals surface area contributed by atoms with Crippen LogP contribution in [0.5, 0.6) is 11.5 Å². The van der Waals surface area contributed by atoms with Crippen molar-refractivity contribution in [1.29, 1.82) is 0 Å². The lowest BCUT2D eigenvalue weighted by atomic mass is 10.1. The van der Waals surface area contributed by atoms with E-state index in [1.807, 2.05) is 26.0 Å². The molecular weight excluding hydrogens is 622 g/mol. The van der Waals surface area contributed by atoms with Gasteiger partial charge in [0.05, 0.1) is 15.6 Å². The Balaban J connectivity index is 1.48. The van der Waals surface area contributed by atoms with Crippen molar-refractivity contribution in [3.8, 4) is 11.5 Å². The number of rotatable bonds is 8. The summed E-state index contributed by atoms with van der Waals surface area (Å²) in [6.45, 7) is 3.45. The van der Waals surface area contributed by atoms with Crippen LogP contribution < -0.4 is 14.8 Å². The van der Waals surface area contributed by atoms with Crippen LogP contribution in [0.25, 0.3) is 6.08 Å². The number of hydrogen-bond donors (Lipinski definition) is 1. The summed E-state index contributed by atoms with van der Waals surface area (Å²) < 4.78 is 26.0. The van der Waals surface area contributed by atoms with Crippen molar-refractivity contribution in [2.45, 2.75) is 20.5 Å². The van der Waals surface area contributed by atoms with Crippen molar-refractivity contribution >= 4 is 63.2 Å². The van der Waals surface area contributed by atoms with Gasteiger partial charge in [-0.05, 0) is 89.7 Å². The summed E-state index contributed by atoms with van der Waals surface area (Å²) >= 11 is 2.83. The van der Waals surface area contributed by atoms with E-state index < -0.39 is 17.1 Å². The van der Waals surface area contributed by atoms with Crippen LogP contribution in [0.4, 0.5) is 14.9 Å². The number of amides is 3. The topological polar surface area (TPSA) is 84.9 Å². The Hall–Kier alpha value is -3.38. The SMILES string of the molecule is COc1cc(/C=C2/SC(=O)N(CC(=O)Nc3ccc(C)cc3C)C2=O)cc(I)c1OCc1ccccc1F. The average molecular weight is 646 g/mol. The average Bonchev–Trinajstić information content (AvgIpc) is 3.13. The fourth-order valence-electron chi connectivity index (χ4n) is 3.80. The van der Waals surface area contributed by atoms with Gasteiger partial charge in [-0.3, -0.25) is 19.3 Å². The van der Waals surface area contributed by atoms with E-state index in [-0.39, 0.29) is 23.9 Å². The molecule has 38 heavy (non-hydrogen) atoms. The van der Waals surface area contributed by atoms with Gasteiger partial charge in [0.15, 0.2) is 11.5 Å². The Morgan fingerprint density at radius 1 is 1.13 bits per heavy atom. The molecule has 0 aliphatic carbocycles. The molecule has 0 unspecified atom stereocenters. The summed E-state index contributed by atoms with van der Waals surface area (Å²) in [6, 6.07) is 15.4. The number of nitrogens with zero attached hydrogens (tertiary/aromatic N) is 1. The first-order chi connectivity index (χ1) is 18.2. The number of hydrogen-bond acceptors (Lipinski definition) is 6. The Morgan fingerprint density at radius 3 is 2.61 bits per heavy atom. The van der Waals surface area contributed by atoms with Gasteiger partial charge < -0.3 is 14.8 Å². The van der Waals surface area contributed by atoms with Crippen LogP contribution in [0.15, 0.2) is 59.5 Å². The molecule has 3 amide bonds. The van der Waals surface area contributed by atoms with Gasteiger partial charge in [0.1, 0.15) is 19.0 Å². The van der Waals surface area contributed by atoms with Gasteiger partial charge in [-0.1, -0.05) is 35.9 Å². The Labute approximate surface area is 237 Å². The second-order valence-electron chi connectivity index (χ2n) is 8.55. The maximum Gasteiger partial charge on any atom is 0.294 e. The van der Waals surface area contributed by atoms with E-state index in [4.69, 9.17) is 9.47 Å². The van der Waals surface area contributed by atoms with E-state index in [2.05, 4.69) is 27.9 Å². The maximum atomic E-state index is 14.0. The predicted molar refractivity (Wildman–Crippen MR) is 154 cm³/mol. The zero-order chi connectivity index (χ0) is 27.4. The molecule has 1 aliphatic heterocycles. The zero-order valence-electron chi connectivity index (χ0n) is 20.8. The van der Waals surface area contributed by atoms with E-state index in [0.29, 0.717) is 31.9 Å². The minimum absolute atomic E-state index is 0.0153. The standard InChI is InChI=1S/C28H24FIN2O5S/c1-16-8-9-22(17(2)10-16)31-25(33)14-32-27(34)24(38-28(32)35)13-18-11-21(30)26(23(12-18)36-3)37-15-19-6-4-5-7-20(19)29/h4-13H,14-15H2,1-3H3,(H,31,33)/b24-13+.